The molecule has 0 bridgehead atoms. The molecule has 96 valence electrons. The van der Waals surface area contributed by atoms with E-state index in [1.165, 1.54) is 0 Å². The van der Waals surface area contributed by atoms with Crippen molar-refractivity contribution in [3.8, 4) is 0 Å². The maximum absolute atomic E-state index is 5.77. The zero-order valence-corrected chi connectivity index (χ0v) is 11.0. The topological polar surface area (TPSA) is 68.2 Å². The molecule has 0 spiro atoms. The lowest BCUT2D eigenvalue weighted by atomic mass is 10.2. The van der Waals surface area contributed by atoms with E-state index in [9.17, 15) is 0 Å². The molecule has 0 radical (unpaired) electrons. The third kappa shape index (κ3) is 4.46. The first-order valence-electron chi connectivity index (χ1n) is 6.22. The fourth-order valence-corrected chi connectivity index (χ4v) is 1.63. The van der Waals surface area contributed by atoms with Crippen LogP contribution >= 0.6 is 0 Å². The van der Waals surface area contributed by atoms with Gasteiger partial charge in [-0.1, -0.05) is 20.3 Å². The van der Waals surface area contributed by atoms with Crippen molar-refractivity contribution in [1.82, 2.24) is 15.1 Å². The van der Waals surface area contributed by atoms with Gasteiger partial charge in [-0.3, -0.25) is 4.68 Å². The largest absolute Gasteiger partial charge is 0.370 e. The number of nitrogens with two attached hydrogens (primary N) is 1. The van der Waals surface area contributed by atoms with E-state index in [1.807, 2.05) is 17.9 Å². The van der Waals surface area contributed by atoms with Crippen LogP contribution in [-0.2, 0) is 20.0 Å². The molecule has 0 unspecified atom stereocenters. The van der Waals surface area contributed by atoms with Crippen LogP contribution in [0.15, 0.2) is 11.2 Å². The van der Waals surface area contributed by atoms with Gasteiger partial charge in [0.05, 0.1) is 12.2 Å². The van der Waals surface area contributed by atoms with E-state index in [0.29, 0.717) is 12.5 Å². The monoisotopic (exact) mass is 237 g/mol. The maximum atomic E-state index is 5.77. The molecule has 0 saturated carbocycles. The number of nitrogens with zero attached hydrogens (tertiary/aromatic N) is 3. The number of aryl methyl sites for hydroxylation is 2. The molecule has 0 fully saturated rings. The van der Waals surface area contributed by atoms with Crippen molar-refractivity contribution >= 4 is 5.96 Å². The Bertz CT molecular complexity index is 367. The van der Waals surface area contributed by atoms with Gasteiger partial charge in [-0.25, -0.2) is 4.99 Å². The molecule has 17 heavy (non-hydrogen) atoms. The molecule has 1 aromatic heterocycles. The van der Waals surface area contributed by atoms with Crippen LogP contribution in [0, 0.1) is 0 Å². The van der Waals surface area contributed by atoms with Crippen molar-refractivity contribution < 1.29 is 0 Å². The van der Waals surface area contributed by atoms with Gasteiger partial charge in [0.15, 0.2) is 5.96 Å². The minimum atomic E-state index is 0.518. The van der Waals surface area contributed by atoms with Gasteiger partial charge >= 0.3 is 0 Å². The minimum Gasteiger partial charge on any atom is -0.370 e. The summed E-state index contributed by atoms with van der Waals surface area (Å²) in [6, 6.07) is 0. The molecule has 1 aromatic rings. The lowest BCUT2D eigenvalue weighted by Crippen LogP contribution is -2.32. The lowest BCUT2D eigenvalue weighted by molar-refractivity contribution is 0.746. The molecule has 0 aliphatic carbocycles. The van der Waals surface area contributed by atoms with E-state index >= 15 is 0 Å². The third-order valence-corrected chi connectivity index (χ3v) is 2.58. The number of aliphatic imine (C=N–C) groups is 1. The maximum Gasteiger partial charge on any atom is 0.188 e. The Balaban J connectivity index is 2.50. The molecule has 1 rings (SSSR count). The highest BCUT2D eigenvalue weighted by Gasteiger charge is 2.04. The van der Waals surface area contributed by atoms with E-state index in [4.69, 9.17) is 5.73 Å². The highest BCUT2D eigenvalue weighted by Crippen LogP contribution is 2.08. The van der Waals surface area contributed by atoms with Crippen molar-refractivity contribution in [2.75, 3.05) is 6.54 Å². The van der Waals surface area contributed by atoms with E-state index in [2.05, 4.69) is 29.3 Å². The Kier molecular flexibility index (Phi) is 5.52. The van der Waals surface area contributed by atoms with Crippen LogP contribution in [0.1, 0.15) is 37.9 Å². The fourth-order valence-electron chi connectivity index (χ4n) is 1.63. The second-order valence-electron chi connectivity index (χ2n) is 4.11. The summed E-state index contributed by atoms with van der Waals surface area (Å²) in [6.45, 7) is 5.73. The first-order chi connectivity index (χ1) is 8.17. The van der Waals surface area contributed by atoms with Crippen LogP contribution in [-0.4, -0.2) is 22.3 Å². The molecule has 1 heterocycles. The number of hydrogen-bond acceptors (Lipinski definition) is 2. The summed E-state index contributed by atoms with van der Waals surface area (Å²) < 4.78 is 1.82. The molecule has 0 aliphatic heterocycles. The second-order valence-corrected chi connectivity index (χ2v) is 4.11. The van der Waals surface area contributed by atoms with Crippen molar-refractivity contribution in [1.29, 1.82) is 0 Å². The zero-order valence-electron chi connectivity index (χ0n) is 11.0. The quantitative estimate of drug-likeness (QED) is 0.443. The summed E-state index contributed by atoms with van der Waals surface area (Å²) in [6.07, 6.45) is 5.20. The van der Waals surface area contributed by atoms with E-state index < -0.39 is 0 Å². The van der Waals surface area contributed by atoms with Crippen LogP contribution in [0.3, 0.4) is 0 Å². The molecule has 0 aliphatic rings. The molecule has 0 amide bonds. The molecule has 5 heteroatoms. The average molecular weight is 237 g/mol. The van der Waals surface area contributed by atoms with Gasteiger partial charge < -0.3 is 11.1 Å². The molecule has 0 atom stereocenters. The van der Waals surface area contributed by atoms with Gasteiger partial charge in [-0.2, -0.15) is 5.10 Å². The van der Waals surface area contributed by atoms with Crippen molar-refractivity contribution in [3.05, 3.63) is 17.5 Å². The van der Waals surface area contributed by atoms with Crippen molar-refractivity contribution in [3.63, 3.8) is 0 Å². The predicted octanol–water partition coefficient (Wildman–Crippen LogP) is 1.19. The average Bonchev–Trinajstić information content (AvgIpc) is 2.67. The number of nitrogens with one attached hydrogen (secondary N) is 1. The minimum absolute atomic E-state index is 0.518. The Morgan fingerprint density at radius 3 is 2.94 bits per heavy atom. The summed E-state index contributed by atoms with van der Waals surface area (Å²) in [5.41, 5.74) is 8.02. The van der Waals surface area contributed by atoms with Crippen LogP contribution < -0.4 is 11.1 Å². The standard InChI is InChI=1S/C12H23N5/c1-4-6-7-14-12(13)15-8-10-9-17(3)16-11(10)5-2/h9H,4-8H2,1-3H3,(H3,13,14,15). The summed E-state index contributed by atoms with van der Waals surface area (Å²) in [4.78, 5) is 4.32. The van der Waals surface area contributed by atoms with Crippen LogP contribution in [0.2, 0.25) is 0 Å². The van der Waals surface area contributed by atoms with E-state index in [-0.39, 0.29) is 0 Å². The second kappa shape index (κ2) is 6.93. The molecular weight excluding hydrogens is 214 g/mol. The predicted molar refractivity (Wildman–Crippen MR) is 70.8 cm³/mol. The Morgan fingerprint density at radius 1 is 1.53 bits per heavy atom. The summed E-state index contributed by atoms with van der Waals surface area (Å²) in [5, 5.41) is 7.47. The van der Waals surface area contributed by atoms with Crippen molar-refractivity contribution in [2.45, 2.75) is 39.7 Å². The van der Waals surface area contributed by atoms with Crippen LogP contribution in [0.25, 0.3) is 0 Å². The summed E-state index contributed by atoms with van der Waals surface area (Å²) in [7, 11) is 1.93. The summed E-state index contributed by atoms with van der Waals surface area (Å²) in [5.74, 6) is 0.518. The van der Waals surface area contributed by atoms with E-state index in [0.717, 1.165) is 37.1 Å². The summed E-state index contributed by atoms with van der Waals surface area (Å²) >= 11 is 0. The first kappa shape index (κ1) is 13.5. The molecule has 0 aromatic carbocycles. The van der Waals surface area contributed by atoms with Gasteiger partial charge in [0, 0.05) is 25.4 Å². The van der Waals surface area contributed by atoms with E-state index in [1.54, 1.807) is 0 Å². The first-order valence-corrected chi connectivity index (χ1v) is 6.22. The molecule has 0 saturated heterocycles. The van der Waals surface area contributed by atoms with Gasteiger partial charge in [0.1, 0.15) is 0 Å². The molecule has 3 N–H and O–H groups in total. The highest BCUT2D eigenvalue weighted by atomic mass is 15.3. The number of rotatable bonds is 6. The van der Waals surface area contributed by atoms with Crippen LogP contribution in [0.5, 0.6) is 0 Å². The smallest absolute Gasteiger partial charge is 0.188 e. The van der Waals surface area contributed by atoms with Gasteiger partial charge in [0.2, 0.25) is 0 Å². The van der Waals surface area contributed by atoms with Gasteiger partial charge in [0.25, 0.3) is 0 Å². The SMILES string of the molecule is CCCCNC(N)=NCc1cn(C)nc1CC. The number of hydrogen-bond donors (Lipinski definition) is 2. The third-order valence-electron chi connectivity index (χ3n) is 2.58. The Labute approximate surface area is 103 Å². The Hall–Kier alpha value is -1.52. The highest BCUT2D eigenvalue weighted by molar-refractivity contribution is 5.77. The normalized spacial score (nSPS) is 11.8. The number of aromatic nitrogens is 2. The van der Waals surface area contributed by atoms with Gasteiger partial charge in [-0.05, 0) is 12.8 Å². The lowest BCUT2D eigenvalue weighted by Gasteiger charge is -2.03. The van der Waals surface area contributed by atoms with Gasteiger partial charge in [-0.15, -0.1) is 0 Å². The fraction of sp³-hybridized carbons (Fsp3) is 0.667. The molecule has 5 nitrogen and oxygen atoms in total. The number of guanidine groups is 1. The van der Waals surface area contributed by atoms with Crippen LogP contribution in [0.4, 0.5) is 0 Å². The zero-order chi connectivity index (χ0) is 12.7. The number of unbranched alkanes of at least 4 members (excludes halogenated alkanes) is 1. The Morgan fingerprint density at radius 2 is 2.29 bits per heavy atom. The molecular formula is C12H23N5. The van der Waals surface area contributed by atoms with Crippen molar-refractivity contribution in [2.24, 2.45) is 17.8 Å².